The molecule has 3 nitrogen and oxygen atoms in total. The van der Waals surface area contributed by atoms with Crippen LogP contribution in [0, 0.1) is 11.8 Å². The maximum Gasteiger partial charge on any atom is 0.0700 e. The minimum atomic E-state index is -0.206. The van der Waals surface area contributed by atoms with Gasteiger partial charge in [-0.25, -0.2) is 0 Å². The number of aliphatic hydroxyl groups is 1. The SMILES string of the molecule is CCN(Cc1ccccn1)C1C(C)CC(C)CC1O. The summed E-state index contributed by atoms with van der Waals surface area (Å²) in [6.45, 7) is 8.46. The van der Waals surface area contributed by atoms with Gasteiger partial charge in [-0.05, 0) is 43.4 Å². The van der Waals surface area contributed by atoms with E-state index in [1.54, 1.807) is 0 Å². The van der Waals surface area contributed by atoms with Crippen molar-refractivity contribution in [3.05, 3.63) is 30.1 Å². The van der Waals surface area contributed by atoms with Crippen LogP contribution >= 0.6 is 0 Å². The first-order valence-electron chi connectivity index (χ1n) is 7.43. The van der Waals surface area contributed by atoms with E-state index in [4.69, 9.17) is 0 Å². The van der Waals surface area contributed by atoms with Gasteiger partial charge < -0.3 is 5.11 Å². The normalized spacial score (nSPS) is 31.6. The number of nitrogens with zero attached hydrogens (tertiary/aromatic N) is 2. The highest BCUT2D eigenvalue weighted by Crippen LogP contribution is 2.32. The van der Waals surface area contributed by atoms with Gasteiger partial charge >= 0.3 is 0 Å². The van der Waals surface area contributed by atoms with Crippen molar-refractivity contribution >= 4 is 0 Å². The highest BCUT2D eigenvalue weighted by atomic mass is 16.3. The molecule has 4 atom stereocenters. The van der Waals surface area contributed by atoms with Gasteiger partial charge in [-0.1, -0.05) is 26.8 Å². The maximum atomic E-state index is 10.4. The van der Waals surface area contributed by atoms with Crippen molar-refractivity contribution < 1.29 is 5.11 Å². The van der Waals surface area contributed by atoms with Crippen molar-refractivity contribution in [3.8, 4) is 0 Å². The van der Waals surface area contributed by atoms with E-state index in [1.165, 1.54) is 6.42 Å². The molecular formula is C16H26N2O. The fourth-order valence-electron chi connectivity index (χ4n) is 3.53. The first kappa shape index (κ1) is 14.5. The maximum absolute atomic E-state index is 10.4. The van der Waals surface area contributed by atoms with E-state index >= 15 is 0 Å². The Morgan fingerprint density at radius 3 is 2.68 bits per heavy atom. The molecule has 106 valence electrons. The van der Waals surface area contributed by atoms with Gasteiger partial charge in [-0.15, -0.1) is 0 Å². The number of hydrogen-bond acceptors (Lipinski definition) is 3. The molecule has 1 N–H and O–H groups in total. The number of likely N-dealkylation sites (N-methyl/N-ethyl adjacent to an activating group) is 1. The van der Waals surface area contributed by atoms with Gasteiger partial charge in [0.25, 0.3) is 0 Å². The smallest absolute Gasteiger partial charge is 0.0700 e. The van der Waals surface area contributed by atoms with Gasteiger partial charge in [0, 0.05) is 18.8 Å². The van der Waals surface area contributed by atoms with E-state index < -0.39 is 0 Å². The third-order valence-corrected chi connectivity index (χ3v) is 4.31. The summed E-state index contributed by atoms with van der Waals surface area (Å²) in [5.41, 5.74) is 1.09. The van der Waals surface area contributed by atoms with Crippen molar-refractivity contribution in [3.63, 3.8) is 0 Å². The van der Waals surface area contributed by atoms with Crippen LogP contribution < -0.4 is 0 Å². The third kappa shape index (κ3) is 3.54. The summed E-state index contributed by atoms with van der Waals surface area (Å²) in [5.74, 6) is 1.18. The van der Waals surface area contributed by atoms with E-state index in [1.807, 2.05) is 18.3 Å². The lowest BCUT2D eigenvalue weighted by Gasteiger charge is -2.43. The molecule has 0 aromatic carbocycles. The second-order valence-electron chi connectivity index (χ2n) is 6.00. The van der Waals surface area contributed by atoms with Crippen LogP contribution in [0.4, 0.5) is 0 Å². The minimum absolute atomic E-state index is 0.206. The van der Waals surface area contributed by atoms with Crippen LogP contribution in [0.2, 0.25) is 0 Å². The Balaban J connectivity index is 2.08. The molecule has 1 aromatic rings. The van der Waals surface area contributed by atoms with Crippen LogP contribution in [0.25, 0.3) is 0 Å². The zero-order valence-corrected chi connectivity index (χ0v) is 12.3. The van der Waals surface area contributed by atoms with Crippen molar-refractivity contribution in [1.29, 1.82) is 0 Å². The molecule has 0 spiro atoms. The molecule has 1 aliphatic carbocycles. The molecule has 1 saturated carbocycles. The summed E-state index contributed by atoms with van der Waals surface area (Å²) in [5, 5.41) is 10.4. The quantitative estimate of drug-likeness (QED) is 0.906. The number of aliphatic hydroxyl groups excluding tert-OH is 1. The fourth-order valence-corrected chi connectivity index (χ4v) is 3.53. The van der Waals surface area contributed by atoms with E-state index in [0.717, 1.165) is 25.2 Å². The molecule has 4 unspecified atom stereocenters. The average Bonchev–Trinajstić information content (AvgIpc) is 2.37. The average molecular weight is 262 g/mol. The van der Waals surface area contributed by atoms with Gasteiger partial charge in [-0.2, -0.15) is 0 Å². The molecule has 1 heterocycles. The summed E-state index contributed by atoms with van der Waals surface area (Å²) in [6, 6.07) is 6.30. The molecule has 2 rings (SSSR count). The lowest BCUT2D eigenvalue weighted by atomic mass is 9.77. The predicted molar refractivity (Wildman–Crippen MR) is 77.7 cm³/mol. The molecule has 19 heavy (non-hydrogen) atoms. The van der Waals surface area contributed by atoms with Crippen LogP contribution in [0.5, 0.6) is 0 Å². The van der Waals surface area contributed by atoms with Crippen molar-refractivity contribution in [2.45, 2.75) is 52.3 Å². The van der Waals surface area contributed by atoms with Gasteiger partial charge in [0.1, 0.15) is 0 Å². The number of rotatable bonds is 4. The number of hydrogen-bond donors (Lipinski definition) is 1. The lowest BCUT2D eigenvalue weighted by molar-refractivity contribution is -0.0263. The summed E-state index contributed by atoms with van der Waals surface area (Å²) in [4.78, 5) is 6.78. The molecule has 0 bridgehead atoms. The second kappa shape index (κ2) is 6.49. The summed E-state index contributed by atoms with van der Waals surface area (Å²) in [7, 11) is 0. The monoisotopic (exact) mass is 262 g/mol. The van der Waals surface area contributed by atoms with Crippen LogP contribution in [-0.2, 0) is 6.54 Å². The Morgan fingerprint density at radius 1 is 1.32 bits per heavy atom. The molecule has 0 radical (unpaired) electrons. The van der Waals surface area contributed by atoms with Crippen LogP contribution in [-0.4, -0.2) is 33.7 Å². The standard InChI is InChI=1S/C16H26N2O/c1-4-18(11-14-7-5-6-8-17-14)16-13(3)9-12(2)10-15(16)19/h5-8,12-13,15-16,19H,4,9-11H2,1-3H3. The van der Waals surface area contributed by atoms with Crippen LogP contribution in [0.1, 0.15) is 39.3 Å². The van der Waals surface area contributed by atoms with Gasteiger partial charge in [0.15, 0.2) is 0 Å². The lowest BCUT2D eigenvalue weighted by Crippen LogP contribution is -2.50. The largest absolute Gasteiger partial charge is 0.391 e. The minimum Gasteiger partial charge on any atom is -0.391 e. The van der Waals surface area contributed by atoms with E-state index in [2.05, 4.69) is 36.7 Å². The zero-order chi connectivity index (χ0) is 13.8. The van der Waals surface area contributed by atoms with Crippen molar-refractivity contribution in [2.24, 2.45) is 11.8 Å². The van der Waals surface area contributed by atoms with Crippen molar-refractivity contribution in [2.75, 3.05) is 6.54 Å². The van der Waals surface area contributed by atoms with Crippen LogP contribution in [0.15, 0.2) is 24.4 Å². The Hall–Kier alpha value is -0.930. The van der Waals surface area contributed by atoms with Gasteiger partial charge in [-0.3, -0.25) is 9.88 Å². The molecule has 3 heteroatoms. The molecule has 1 aliphatic rings. The molecule has 1 fully saturated rings. The Bertz CT molecular complexity index is 370. The Kier molecular flexibility index (Phi) is 4.94. The topological polar surface area (TPSA) is 36.4 Å². The molecule has 0 amide bonds. The summed E-state index contributed by atoms with van der Waals surface area (Å²) >= 11 is 0. The van der Waals surface area contributed by atoms with E-state index in [0.29, 0.717) is 11.8 Å². The number of aromatic nitrogens is 1. The molecule has 0 aliphatic heterocycles. The predicted octanol–water partition coefficient (Wildman–Crippen LogP) is 2.70. The highest BCUT2D eigenvalue weighted by Gasteiger charge is 2.36. The summed E-state index contributed by atoms with van der Waals surface area (Å²) in [6.07, 6.45) is 3.77. The van der Waals surface area contributed by atoms with Crippen LogP contribution in [0.3, 0.4) is 0 Å². The first-order valence-corrected chi connectivity index (χ1v) is 7.43. The fraction of sp³-hybridized carbons (Fsp3) is 0.688. The number of pyridine rings is 1. The zero-order valence-electron chi connectivity index (χ0n) is 12.3. The van der Waals surface area contributed by atoms with Gasteiger partial charge in [0.05, 0.1) is 11.8 Å². The van der Waals surface area contributed by atoms with Gasteiger partial charge in [0.2, 0.25) is 0 Å². The molecule has 0 saturated heterocycles. The molecule has 1 aromatic heterocycles. The summed E-state index contributed by atoms with van der Waals surface area (Å²) < 4.78 is 0. The molecular weight excluding hydrogens is 236 g/mol. The Labute approximate surface area is 116 Å². The highest BCUT2D eigenvalue weighted by molar-refractivity contribution is 5.04. The van der Waals surface area contributed by atoms with E-state index in [9.17, 15) is 5.11 Å². The second-order valence-corrected chi connectivity index (χ2v) is 6.00. The third-order valence-electron chi connectivity index (χ3n) is 4.31. The van der Waals surface area contributed by atoms with E-state index in [-0.39, 0.29) is 12.1 Å². The van der Waals surface area contributed by atoms with Crippen molar-refractivity contribution in [1.82, 2.24) is 9.88 Å². The Morgan fingerprint density at radius 2 is 2.11 bits per heavy atom. The first-order chi connectivity index (χ1) is 9.11.